The molecule has 192 valence electrons. The lowest BCUT2D eigenvalue weighted by Crippen LogP contribution is -2.49. The van der Waals surface area contributed by atoms with E-state index in [1.807, 2.05) is 38.2 Å². The second kappa shape index (κ2) is 10.8. The molecule has 0 unspecified atom stereocenters. The van der Waals surface area contributed by atoms with Crippen LogP contribution in [0.4, 0.5) is 21.9 Å². The van der Waals surface area contributed by atoms with Gasteiger partial charge >= 0.3 is 6.03 Å². The predicted molar refractivity (Wildman–Crippen MR) is 155 cm³/mol. The first-order chi connectivity index (χ1) is 17.9. The summed E-state index contributed by atoms with van der Waals surface area (Å²) in [5.41, 5.74) is 2.94. The lowest BCUT2D eigenvalue weighted by Gasteiger charge is -2.32. The number of likely N-dealkylation sites (tertiary alicyclic amines) is 1. The SMILES string of the molecule is CNC/C=C/C(=O)N1CCC[C@@H](NC(=O)c2sc3nccc4c3c2NC(=O)N4c2ccc(I)cc2C)C1. The van der Waals surface area contributed by atoms with E-state index in [0.29, 0.717) is 40.7 Å². The van der Waals surface area contributed by atoms with Gasteiger partial charge in [-0.25, -0.2) is 9.78 Å². The minimum Gasteiger partial charge on any atom is -0.347 e. The number of amides is 4. The van der Waals surface area contributed by atoms with Gasteiger partial charge in [0.05, 0.1) is 22.4 Å². The molecule has 37 heavy (non-hydrogen) atoms. The molecule has 0 radical (unpaired) electrons. The number of aryl methyl sites for hydroxylation is 1. The molecule has 0 spiro atoms. The first-order valence-electron chi connectivity index (χ1n) is 12.1. The van der Waals surface area contributed by atoms with E-state index in [1.165, 1.54) is 11.3 Å². The maximum atomic E-state index is 13.4. The molecule has 3 aromatic rings. The third-order valence-corrected chi connectivity index (χ3v) is 8.27. The Bertz CT molecular complexity index is 1420. The van der Waals surface area contributed by atoms with E-state index in [4.69, 9.17) is 0 Å². The molecular weight excluding hydrogens is 603 g/mol. The number of urea groups is 1. The predicted octanol–water partition coefficient (Wildman–Crippen LogP) is 4.39. The fraction of sp³-hybridized carbons (Fsp3) is 0.308. The third-order valence-electron chi connectivity index (χ3n) is 6.50. The molecule has 3 N–H and O–H groups in total. The van der Waals surface area contributed by atoms with Crippen molar-refractivity contribution in [2.75, 3.05) is 36.9 Å². The fourth-order valence-corrected chi connectivity index (χ4v) is 6.45. The minimum atomic E-state index is -0.320. The molecule has 0 aliphatic carbocycles. The van der Waals surface area contributed by atoms with E-state index in [-0.39, 0.29) is 23.9 Å². The summed E-state index contributed by atoms with van der Waals surface area (Å²) in [4.78, 5) is 48.2. The molecule has 0 bridgehead atoms. The standard InChI is InChI=1S/C26H27IN6O3S/c1-15-13-16(27)7-8-18(15)33-19-9-11-29-25-21(19)22(31-26(33)36)23(37-25)24(35)30-17-5-4-12-32(14-17)20(34)6-3-10-28-2/h3,6-9,11,13,17,28H,4-5,10,12,14H2,1-2H3,(H,30,35)(H,31,36)/b6-3+/t17-/m1/s1. The van der Waals surface area contributed by atoms with Crippen LogP contribution >= 0.6 is 33.9 Å². The van der Waals surface area contributed by atoms with Gasteiger partial charge < -0.3 is 20.9 Å². The van der Waals surface area contributed by atoms with Crippen molar-refractivity contribution < 1.29 is 14.4 Å². The summed E-state index contributed by atoms with van der Waals surface area (Å²) in [5.74, 6) is -0.327. The number of anilines is 3. The first kappa shape index (κ1) is 25.6. The molecule has 11 heteroatoms. The third kappa shape index (κ3) is 5.07. The maximum absolute atomic E-state index is 13.4. The summed E-state index contributed by atoms with van der Waals surface area (Å²) in [7, 11) is 1.82. The Kier molecular flexibility index (Phi) is 7.45. The number of carbonyl (C=O) groups is 3. The number of pyridine rings is 1. The zero-order valence-electron chi connectivity index (χ0n) is 20.5. The fourth-order valence-electron chi connectivity index (χ4n) is 4.78. The Morgan fingerprint density at radius 3 is 2.92 bits per heavy atom. The van der Waals surface area contributed by atoms with E-state index in [1.54, 1.807) is 28.1 Å². The Hall–Kier alpha value is -3.03. The highest BCUT2D eigenvalue weighted by molar-refractivity contribution is 14.1. The topological polar surface area (TPSA) is 107 Å². The number of carbonyl (C=O) groups excluding carboxylic acids is 3. The monoisotopic (exact) mass is 630 g/mol. The second-order valence-corrected chi connectivity index (χ2v) is 11.3. The Balaban J connectivity index is 1.41. The summed E-state index contributed by atoms with van der Waals surface area (Å²) >= 11 is 3.51. The summed E-state index contributed by atoms with van der Waals surface area (Å²) in [6.07, 6.45) is 6.62. The van der Waals surface area contributed by atoms with Crippen LogP contribution in [0.15, 0.2) is 42.6 Å². The summed E-state index contributed by atoms with van der Waals surface area (Å²) < 4.78 is 1.09. The van der Waals surface area contributed by atoms with Crippen LogP contribution in [-0.4, -0.2) is 60.5 Å². The van der Waals surface area contributed by atoms with Crippen molar-refractivity contribution in [3.05, 3.63) is 56.6 Å². The van der Waals surface area contributed by atoms with E-state index in [0.717, 1.165) is 33.0 Å². The largest absolute Gasteiger partial charge is 0.347 e. The van der Waals surface area contributed by atoms with Gasteiger partial charge in [-0.05, 0) is 79.2 Å². The Morgan fingerprint density at radius 1 is 1.30 bits per heavy atom. The molecule has 1 saturated heterocycles. The number of aromatic nitrogens is 1. The highest BCUT2D eigenvalue weighted by atomic mass is 127. The van der Waals surface area contributed by atoms with E-state index in [9.17, 15) is 14.4 Å². The van der Waals surface area contributed by atoms with Gasteiger partial charge in [0, 0.05) is 41.5 Å². The normalized spacial score (nSPS) is 17.4. The number of likely N-dealkylation sites (N-methyl/N-ethyl adjacent to an activating group) is 1. The van der Waals surface area contributed by atoms with Crippen LogP contribution in [-0.2, 0) is 4.79 Å². The zero-order valence-corrected chi connectivity index (χ0v) is 23.5. The van der Waals surface area contributed by atoms with E-state index < -0.39 is 0 Å². The van der Waals surface area contributed by atoms with Crippen molar-refractivity contribution in [2.24, 2.45) is 0 Å². The number of benzene rings is 1. The van der Waals surface area contributed by atoms with Gasteiger partial charge in [0.2, 0.25) is 5.91 Å². The maximum Gasteiger partial charge on any atom is 0.331 e. The van der Waals surface area contributed by atoms with Crippen molar-refractivity contribution >= 4 is 79.1 Å². The van der Waals surface area contributed by atoms with Crippen LogP contribution in [0, 0.1) is 10.5 Å². The molecule has 2 aromatic heterocycles. The molecule has 4 amide bonds. The number of halogens is 1. The number of nitrogens with one attached hydrogen (secondary N) is 3. The average molecular weight is 631 g/mol. The van der Waals surface area contributed by atoms with Gasteiger partial charge in [0.1, 0.15) is 9.71 Å². The molecule has 2 aliphatic heterocycles. The summed E-state index contributed by atoms with van der Waals surface area (Å²) in [6, 6.07) is 7.24. The van der Waals surface area contributed by atoms with Gasteiger partial charge in [0.25, 0.3) is 5.91 Å². The van der Waals surface area contributed by atoms with Crippen molar-refractivity contribution in [1.82, 2.24) is 20.5 Å². The van der Waals surface area contributed by atoms with E-state index in [2.05, 4.69) is 43.5 Å². The van der Waals surface area contributed by atoms with Crippen LogP contribution in [0.5, 0.6) is 0 Å². The molecule has 1 atom stereocenters. The van der Waals surface area contributed by atoms with Crippen molar-refractivity contribution in [3.8, 4) is 0 Å². The minimum absolute atomic E-state index is 0.0572. The molecule has 0 saturated carbocycles. The molecule has 2 aliphatic rings. The molecular formula is C26H27IN6O3S. The van der Waals surface area contributed by atoms with Crippen molar-refractivity contribution in [3.63, 3.8) is 0 Å². The lowest BCUT2D eigenvalue weighted by atomic mass is 10.0. The average Bonchev–Trinajstić information content (AvgIpc) is 3.25. The number of thiophene rings is 1. The number of nitrogens with zero attached hydrogens (tertiary/aromatic N) is 3. The number of piperidine rings is 1. The molecule has 9 nitrogen and oxygen atoms in total. The Labute approximate surface area is 232 Å². The molecule has 1 fully saturated rings. The van der Waals surface area contributed by atoms with Crippen molar-refractivity contribution in [1.29, 1.82) is 0 Å². The Morgan fingerprint density at radius 2 is 2.14 bits per heavy atom. The van der Waals surface area contributed by atoms with Gasteiger partial charge in [-0.1, -0.05) is 6.08 Å². The van der Waals surface area contributed by atoms with Gasteiger partial charge in [-0.15, -0.1) is 11.3 Å². The first-order valence-corrected chi connectivity index (χ1v) is 14.0. The second-order valence-electron chi connectivity index (χ2n) is 9.07. The van der Waals surface area contributed by atoms with Gasteiger partial charge in [-0.3, -0.25) is 14.5 Å². The summed E-state index contributed by atoms with van der Waals surface area (Å²) in [6.45, 7) is 3.71. The van der Waals surface area contributed by atoms with Crippen LogP contribution in [0.3, 0.4) is 0 Å². The lowest BCUT2D eigenvalue weighted by molar-refractivity contribution is -0.127. The molecule has 4 heterocycles. The van der Waals surface area contributed by atoms with Gasteiger partial charge in [-0.2, -0.15) is 0 Å². The zero-order chi connectivity index (χ0) is 26.1. The quantitative estimate of drug-likeness (QED) is 0.277. The van der Waals surface area contributed by atoms with Crippen molar-refractivity contribution in [2.45, 2.75) is 25.8 Å². The van der Waals surface area contributed by atoms with Crippen LogP contribution in [0.1, 0.15) is 28.1 Å². The smallest absolute Gasteiger partial charge is 0.331 e. The van der Waals surface area contributed by atoms with Crippen LogP contribution in [0.2, 0.25) is 0 Å². The number of hydrogen-bond acceptors (Lipinski definition) is 6. The highest BCUT2D eigenvalue weighted by Gasteiger charge is 2.34. The van der Waals surface area contributed by atoms with Crippen LogP contribution < -0.4 is 20.9 Å². The molecule has 5 rings (SSSR count). The van der Waals surface area contributed by atoms with Crippen LogP contribution in [0.25, 0.3) is 10.2 Å². The summed E-state index contributed by atoms with van der Waals surface area (Å²) in [5, 5.41) is 9.77. The highest BCUT2D eigenvalue weighted by Crippen LogP contribution is 2.46. The van der Waals surface area contributed by atoms with E-state index >= 15 is 0 Å². The van der Waals surface area contributed by atoms with Gasteiger partial charge in [0.15, 0.2) is 0 Å². The number of rotatable bonds is 6. The number of hydrogen-bond donors (Lipinski definition) is 3. The molecule has 1 aromatic carbocycles.